The predicted octanol–water partition coefficient (Wildman–Crippen LogP) is 5.13. The van der Waals surface area contributed by atoms with Crippen LogP contribution in [0.1, 0.15) is 66.7 Å². The normalized spacial score (nSPS) is 40.6. The van der Waals surface area contributed by atoms with Gasteiger partial charge >= 0.3 is 0 Å². The van der Waals surface area contributed by atoms with E-state index in [4.69, 9.17) is 0 Å². The van der Waals surface area contributed by atoms with E-state index in [1.54, 1.807) is 0 Å². The van der Waals surface area contributed by atoms with Crippen LogP contribution < -0.4 is 0 Å². The van der Waals surface area contributed by atoms with Crippen LogP contribution in [0.5, 0.6) is 0 Å². The molecule has 0 saturated heterocycles. The number of hydrogen-bond donors (Lipinski definition) is 0. The van der Waals surface area contributed by atoms with Crippen molar-refractivity contribution < 1.29 is 0 Å². The minimum absolute atomic E-state index is 0.931. The smallest absolute Gasteiger partial charge is 0.0363 e. The Morgan fingerprint density at radius 1 is 1.00 bits per heavy atom. The van der Waals surface area contributed by atoms with Crippen molar-refractivity contribution in [3.63, 3.8) is 0 Å². The Morgan fingerprint density at radius 3 is 2.27 bits per heavy atom. The number of hydrogen-bond acceptors (Lipinski definition) is 0. The Kier molecular flexibility index (Phi) is 5.15. The first-order valence-corrected chi connectivity index (χ1v) is 7.06. The molecule has 1 aliphatic rings. The molecule has 0 nitrogen and oxygen atoms in total. The molecule has 90 valence electrons. The summed E-state index contributed by atoms with van der Waals surface area (Å²) in [6.45, 7) is 12.2. The summed E-state index contributed by atoms with van der Waals surface area (Å²) in [5.41, 5.74) is 0. The minimum atomic E-state index is 0.931. The highest BCUT2D eigenvalue weighted by atomic mass is 14.3. The van der Waals surface area contributed by atoms with Crippen LogP contribution in [0, 0.1) is 29.6 Å². The van der Waals surface area contributed by atoms with E-state index in [-0.39, 0.29) is 0 Å². The zero-order valence-corrected chi connectivity index (χ0v) is 11.4. The second-order valence-corrected chi connectivity index (χ2v) is 6.15. The van der Waals surface area contributed by atoms with Gasteiger partial charge < -0.3 is 0 Å². The minimum Gasteiger partial charge on any atom is -0.0651 e. The molecule has 0 aromatic carbocycles. The highest BCUT2D eigenvalue weighted by Gasteiger charge is 2.27. The zero-order chi connectivity index (χ0) is 11.4. The first-order chi connectivity index (χ1) is 7.06. The Morgan fingerprint density at radius 2 is 1.67 bits per heavy atom. The summed E-state index contributed by atoms with van der Waals surface area (Å²) >= 11 is 0. The van der Waals surface area contributed by atoms with Crippen molar-refractivity contribution in [3.8, 4) is 0 Å². The van der Waals surface area contributed by atoms with Gasteiger partial charge in [-0.2, -0.15) is 0 Å². The Labute approximate surface area is 96.8 Å². The summed E-state index contributed by atoms with van der Waals surface area (Å²) in [6.07, 6.45) is 7.22. The summed E-state index contributed by atoms with van der Waals surface area (Å²) in [5.74, 6) is 4.75. The molecule has 1 saturated carbocycles. The fraction of sp³-hybridized carbons (Fsp3) is 1.00. The monoisotopic (exact) mass is 210 g/mol. The lowest BCUT2D eigenvalue weighted by Gasteiger charge is -2.35. The van der Waals surface area contributed by atoms with Crippen molar-refractivity contribution in [2.75, 3.05) is 0 Å². The average molecular weight is 210 g/mol. The van der Waals surface area contributed by atoms with Crippen LogP contribution in [0.3, 0.4) is 0 Å². The molecule has 5 unspecified atom stereocenters. The molecule has 1 aliphatic carbocycles. The molecule has 0 radical (unpaired) electrons. The molecular weight excluding hydrogens is 180 g/mol. The molecule has 1 rings (SSSR count). The van der Waals surface area contributed by atoms with Gasteiger partial charge in [-0.15, -0.1) is 0 Å². The van der Waals surface area contributed by atoms with E-state index >= 15 is 0 Å². The Balaban J connectivity index is 2.59. The molecule has 15 heavy (non-hydrogen) atoms. The molecule has 0 amide bonds. The van der Waals surface area contributed by atoms with Crippen LogP contribution in [0.25, 0.3) is 0 Å². The van der Waals surface area contributed by atoms with Gasteiger partial charge in [0.15, 0.2) is 0 Å². The topological polar surface area (TPSA) is 0 Å². The average Bonchev–Trinajstić information content (AvgIpc) is 2.21. The second kappa shape index (κ2) is 5.92. The van der Waals surface area contributed by atoms with Crippen molar-refractivity contribution in [3.05, 3.63) is 0 Å². The van der Waals surface area contributed by atoms with Gasteiger partial charge in [0.25, 0.3) is 0 Å². The van der Waals surface area contributed by atoms with Crippen molar-refractivity contribution >= 4 is 0 Å². The van der Waals surface area contributed by atoms with Gasteiger partial charge in [-0.25, -0.2) is 0 Å². The molecule has 0 spiro atoms. The summed E-state index contributed by atoms with van der Waals surface area (Å²) in [4.78, 5) is 0. The highest BCUT2D eigenvalue weighted by molar-refractivity contribution is 4.78. The lowest BCUT2D eigenvalue weighted by Crippen LogP contribution is -2.25. The van der Waals surface area contributed by atoms with Gasteiger partial charge in [-0.1, -0.05) is 53.9 Å². The second-order valence-electron chi connectivity index (χ2n) is 6.15. The standard InChI is InChI=1S/C15H30/c1-6-11(2)15-9-7-8-12(3)13(4)10-14(15)5/h11-15H,6-10H2,1-5H3. The summed E-state index contributed by atoms with van der Waals surface area (Å²) in [7, 11) is 0. The van der Waals surface area contributed by atoms with E-state index in [2.05, 4.69) is 34.6 Å². The molecule has 0 aromatic heterocycles. The fourth-order valence-corrected chi connectivity index (χ4v) is 3.39. The predicted molar refractivity (Wildman–Crippen MR) is 68.9 cm³/mol. The van der Waals surface area contributed by atoms with Crippen LogP contribution in [0.15, 0.2) is 0 Å². The quantitative estimate of drug-likeness (QED) is 0.592. The lowest BCUT2D eigenvalue weighted by molar-refractivity contribution is 0.153. The summed E-state index contributed by atoms with van der Waals surface area (Å²) in [6, 6.07) is 0. The van der Waals surface area contributed by atoms with Crippen LogP contribution in [0.4, 0.5) is 0 Å². The third kappa shape index (κ3) is 3.50. The van der Waals surface area contributed by atoms with Crippen LogP contribution >= 0.6 is 0 Å². The molecule has 0 heteroatoms. The van der Waals surface area contributed by atoms with Crippen LogP contribution in [-0.4, -0.2) is 0 Å². The van der Waals surface area contributed by atoms with Gasteiger partial charge in [0, 0.05) is 0 Å². The fourth-order valence-electron chi connectivity index (χ4n) is 3.39. The molecule has 0 bridgehead atoms. The van der Waals surface area contributed by atoms with Gasteiger partial charge in [0.1, 0.15) is 0 Å². The maximum absolute atomic E-state index is 2.49. The Hall–Kier alpha value is 0. The molecule has 0 aromatic rings. The van der Waals surface area contributed by atoms with Crippen molar-refractivity contribution in [2.45, 2.75) is 66.7 Å². The third-order valence-corrected chi connectivity index (χ3v) is 5.02. The van der Waals surface area contributed by atoms with Crippen molar-refractivity contribution in [1.29, 1.82) is 0 Å². The first-order valence-electron chi connectivity index (χ1n) is 7.06. The van der Waals surface area contributed by atoms with Gasteiger partial charge in [-0.05, 0) is 42.4 Å². The van der Waals surface area contributed by atoms with Gasteiger partial charge in [0.2, 0.25) is 0 Å². The molecule has 0 N–H and O–H groups in total. The van der Waals surface area contributed by atoms with E-state index in [1.807, 2.05) is 0 Å². The molecule has 0 aliphatic heterocycles. The zero-order valence-electron chi connectivity index (χ0n) is 11.4. The maximum Gasteiger partial charge on any atom is -0.0363 e. The lowest BCUT2D eigenvalue weighted by atomic mass is 9.70. The number of rotatable bonds is 2. The maximum atomic E-state index is 2.49. The van der Waals surface area contributed by atoms with E-state index in [0.717, 1.165) is 29.6 Å². The molecular formula is C15H30. The molecule has 0 heterocycles. The third-order valence-electron chi connectivity index (χ3n) is 5.02. The SMILES string of the molecule is CCC(C)C1CCCC(C)C(C)CC1C. The molecule has 5 atom stereocenters. The van der Waals surface area contributed by atoms with E-state index in [1.165, 1.54) is 32.1 Å². The Bertz CT molecular complexity index is 173. The van der Waals surface area contributed by atoms with Crippen molar-refractivity contribution in [2.24, 2.45) is 29.6 Å². The van der Waals surface area contributed by atoms with Crippen LogP contribution in [0.2, 0.25) is 0 Å². The summed E-state index contributed by atoms with van der Waals surface area (Å²) < 4.78 is 0. The van der Waals surface area contributed by atoms with Crippen molar-refractivity contribution in [1.82, 2.24) is 0 Å². The van der Waals surface area contributed by atoms with Gasteiger partial charge in [-0.3, -0.25) is 0 Å². The summed E-state index contributed by atoms with van der Waals surface area (Å²) in [5, 5.41) is 0. The van der Waals surface area contributed by atoms with E-state index < -0.39 is 0 Å². The van der Waals surface area contributed by atoms with E-state index in [0.29, 0.717) is 0 Å². The largest absolute Gasteiger partial charge is 0.0651 e. The molecule has 1 fully saturated rings. The van der Waals surface area contributed by atoms with Crippen LogP contribution in [-0.2, 0) is 0 Å². The highest BCUT2D eigenvalue weighted by Crippen LogP contribution is 2.37. The first kappa shape index (κ1) is 13.1. The van der Waals surface area contributed by atoms with E-state index in [9.17, 15) is 0 Å². The van der Waals surface area contributed by atoms with Gasteiger partial charge in [0.05, 0.1) is 0 Å².